The molecule has 2 amide bonds. The molecule has 0 fully saturated rings. The maximum Gasteiger partial charge on any atom is 0.307 e. The van der Waals surface area contributed by atoms with E-state index in [1.807, 2.05) is 0 Å². The summed E-state index contributed by atoms with van der Waals surface area (Å²) in [5, 5.41) is 31.9. The number of carbonyl (C=O) groups excluding carboxylic acids is 2. The third-order valence-electron chi connectivity index (χ3n) is 3.36. The number of nitrogens with one attached hydrogen (secondary N) is 2. The van der Waals surface area contributed by atoms with Gasteiger partial charge in [-0.1, -0.05) is 0 Å². The summed E-state index contributed by atoms with van der Waals surface area (Å²) < 4.78 is 2.42. The first-order valence-electron chi connectivity index (χ1n) is 7.82. The number of carbonyl (C=O) groups is 3. The van der Waals surface area contributed by atoms with E-state index in [9.17, 15) is 24.5 Å². The maximum atomic E-state index is 12.1. The second-order valence-corrected chi connectivity index (χ2v) is 5.34. The van der Waals surface area contributed by atoms with E-state index in [1.54, 1.807) is 0 Å². The van der Waals surface area contributed by atoms with Gasteiger partial charge in [0.2, 0.25) is 5.91 Å². The van der Waals surface area contributed by atoms with Crippen molar-refractivity contribution in [2.24, 2.45) is 0 Å². The zero-order valence-electron chi connectivity index (χ0n) is 14.1. The lowest BCUT2D eigenvalue weighted by atomic mass is 10.3. The molecule has 0 radical (unpaired) electrons. The van der Waals surface area contributed by atoms with Crippen molar-refractivity contribution in [3.63, 3.8) is 0 Å². The monoisotopic (exact) mass is 379 g/mol. The van der Waals surface area contributed by atoms with Crippen LogP contribution in [0.4, 0.5) is 5.69 Å². The van der Waals surface area contributed by atoms with Crippen molar-refractivity contribution >= 4 is 23.5 Å². The van der Waals surface area contributed by atoms with E-state index in [0.717, 1.165) is 17.1 Å². The average Bonchev–Trinajstić information content (AvgIpc) is 3.26. The second-order valence-electron chi connectivity index (χ2n) is 5.34. The van der Waals surface area contributed by atoms with E-state index >= 15 is 0 Å². The van der Waals surface area contributed by atoms with Gasteiger partial charge in [0.15, 0.2) is 0 Å². The van der Waals surface area contributed by atoms with Crippen LogP contribution in [0.3, 0.4) is 0 Å². The van der Waals surface area contributed by atoms with E-state index in [0.29, 0.717) is 0 Å². The van der Waals surface area contributed by atoms with Crippen LogP contribution in [0.5, 0.6) is 0 Å². The molecule has 0 aliphatic rings. The minimum Gasteiger partial charge on any atom is -0.481 e. The fourth-order valence-electron chi connectivity index (χ4n) is 2.11. The zero-order valence-corrected chi connectivity index (χ0v) is 14.1. The van der Waals surface area contributed by atoms with Gasteiger partial charge < -0.3 is 15.7 Å². The van der Waals surface area contributed by atoms with Crippen molar-refractivity contribution in [2.75, 3.05) is 13.1 Å². The minimum absolute atomic E-state index is 0.0673. The number of nitro groups is 1. The van der Waals surface area contributed by atoms with Crippen molar-refractivity contribution < 1.29 is 24.4 Å². The molecule has 0 spiro atoms. The Labute approximate surface area is 152 Å². The highest BCUT2D eigenvalue weighted by molar-refractivity contribution is 5.92. The third-order valence-corrected chi connectivity index (χ3v) is 3.36. The van der Waals surface area contributed by atoms with Crippen LogP contribution in [-0.4, -0.2) is 60.5 Å². The number of hydrogen-bond acceptors (Lipinski definition) is 7. The summed E-state index contributed by atoms with van der Waals surface area (Å²) in [7, 11) is 0. The Morgan fingerprint density at radius 3 is 2.63 bits per heavy atom. The van der Waals surface area contributed by atoms with E-state index in [1.165, 1.54) is 16.9 Å². The molecule has 2 aromatic rings. The first-order valence-corrected chi connectivity index (χ1v) is 7.82. The standard InChI is InChI=1S/C14H17N7O6/c22-12(9-19-8-10(7-18-19)21(26)27)15-4-5-16-14(25)11-1-3-17-20(11)6-2-13(23)24/h1,3,7-8H,2,4-6,9H2,(H,15,22)(H,16,25)(H,23,24). The van der Waals surface area contributed by atoms with Crippen LogP contribution in [-0.2, 0) is 22.7 Å². The SMILES string of the molecule is O=C(O)CCn1nccc1C(=O)NCCNC(=O)Cn1cc([N+](=O)[O-])cn1. The Balaban J connectivity index is 1.72. The largest absolute Gasteiger partial charge is 0.481 e. The minimum atomic E-state index is -0.998. The molecule has 0 saturated carbocycles. The second kappa shape index (κ2) is 9.07. The molecular weight excluding hydrogens is 362 g/mol. The molecule has 0 saturated heterocycles. The molecule has 27 heavy (non-hydrogen) atoms. The summed E-state index contributed by atoms with van der Waals surface area (Å²) in [4.78, 5) is 44.3. The molecule has 13 nitrogen and oxygen atoms in total. The maximum absolute atomic E-state index is 12.1. The summed E-state index contributed by atoms with van der Waals surface area (Å²) in [6, 6.07) is 1.46. The summed E-state index contributed by atoms with van der Waals surface area (Å²) in [5.74, 6) is -1.87. The molecule has 0 aromatic carbocycles. The number of aliphatic carboxylic acids is 1. The van der Waals surface area contributed by atoms with Crippen LogP contribution >= 0.6 is 0 Å². The molecular formula is C14H17N7O6. The van der Waals surface area contributed by atoms with Crippen molar-refractivity contribution in [2.45, 2.75) is 19.5 Å². The van der Waals surface area contributed by atoms with Gasteiger partial charge in [-0.3, -0.25) is 33.9 Å². The van der Waals surface area contributed by atoms with Gasteiger partial charge in [0.1, 0.15) is 24.6 Å². The van der Waals surface area contributed by atoms with Gasteiger partial charge in [-0.2, -0.15) is 10.2 Å². The summed E-state index contributed by atoms with van der Waals surface area (Å²) in [6.07, 6.45) is 3.41. The molecule has 144 valence electrons. The highest BCUT2D eigenvalue weighted by atomic mass is 16.6. The van der Waals surface area contributed by atoms with Crippen molar-refractivity contribution in [1.29, 1.82) is 0 Å². The number of aryl methyl sites for hydroxylation is 1. The Morgan fingerprint density at radius 2 is 1.96 bits per heavy atom. The van der Waals surface area contributed by atoms with Crippen LogP contribution in [0.15, 0.2) is 24.7 Å². The summed E-state index contributed by atoms with van der Waals surface area (Å²) in [6.45, 7) is 0.146. The summed E-state index contributed by atoms with van der Waals surface area (Å²) >= 11 is 0. The van der Waals surface area contributed by atoms with E-state index in [4.69, 9.17) is 5.11 Å². The highest BCUT2D eigenvalue weighted by Gasteiger charge is 2.13. The predicted molar refractivity (Wildman–Crippen MR) is 88.7 cm³/mol. The smallest absolute Gasteiger partial charge is 0.307 e. The Morgan fingerprint density at radius 1 is 1.22 bits per heavy atom. The number of amides is 2. The van der Waals surface area contributed by atoms with Gasteiger partial charge in [0.05, 0.1) is 17.9 Å². The number of aromatic nitrogens is 4. The van der Waals surface area contributed by atoms with Gasteiger partial charge in [-0.15, -0.1) is 0 Å². The van der Waals surface area contributed by atoms with Gasteiger partial charge in [-0.05, 0) is 6.07 Å². The van der Waals surface area contributed by atoms with Crippen molar-refractivity contribution in [1.82, 2.24) is 30.2 Å². The number of nitrogens with zero attached hydrogens (tertiary/aromatic N) is 5. The molecule has 2 heterocycles. The molecule has 2 rings (SSSR count). The van der Waals surface area contributed by atoms with Crippen molar-refractivity contribution in [3.8, 4) is 0 Å². The highest BCUT2D eigenvalue weighted by Crippen LogP contribution is 2.07. The van der Waals surface area contributed by atoms with Crippen LogP contribution in [0.25, 0.3) is 0 Å². The number of rotatable bonds is 10. The lowest BCUT2D eigenvalue weighted by Gasteiger charge is -2.08. The Kier molecular flexibility index (Phi) is 6.57. The fourth-order valence-corrected chi connectivity index (χ4v) is 2.11. The van der Waals surface area contributed by atoms with Gasteiger partial charge in [0, 0.05) is 19.3 Å². The Bertz CT molecular complexity index is 843. The fraction of sp³-hybridized carbons (Fsp3) is 0.357. The molecule has 0 unspecified atom stereocenters. The molecule has 13 heteroatoms. The molecule has 2 aromatic heterocycles. The lowest BCUT2D eigenvalue weighted by Crippen LogP contribution is -2.36. The molecule has 0 aliphatic heterocycles. The topological polar surface area (TPSA) is 174 Å². The Hall–Kier alpha value is -3.77. The van der Waals surface area contributed by atoms with E-state index < -0.39 is 22.7 Å². The molecule has 0 aliphatic carbocycles. The van der Waals surface area contributed by atoms with Crippen LogP contribution in [0.1, 0.15) is 16.9 Å². The zero-order chi connectivity index (χ0) is 19.8. The average molecular weight is 379 g/mol. The van der Waals surface area contributed by atoms with Gasteiger partial charge >= 0.3 is 11.7 Å². The van der Waals surface area contributed by atoms with Crippen LogP contribution < -0.4 is 10.6 Å². The first-order chi connectivity index (χ1) is 12.9. The van der Waals surface area contributed by atoms with Crippen LogP contribution in [0, 0.1) is 10.1 Å². The quantitative estimate of drug-likeness (QED) is 0.268. The normalized spacial score (nSPS) is 10.4. The number of hydrogen-bond donors (Lipinski definition) is 3. The third kappa shape index (κ3) is 5.91. The molecule has 3 N–H and O–H groups in total. The molecule has 0 atom stereocenters. The van der Waals surface area contributed by atoms with E-state index in [-0.39, 0.29) is 44.0 Å². The van der Waals surface area contributed by atoms with Gasteiger partial charge in [0.25, 0.3) is 5.91 Å². The van der Waals surface area contributed by atoms with Gasteiger partial charge in [-0.25, -0.2) is 0 Å². The lowest BCUT2D eigenvalue weighted by molar-refractivity contribution is -0.385. The summed E-state index contributed by atoms with van der Waals surface area (Å²) in [5.41, 5.74) is 0.000926. The molecule has 0 bridgehead atoms. The van der Waals surface area contributed by atoms with Crippen LogP contribution in [0.2, 0.25) is 0 Å². The number of carboxylic acids is 1. The van der Waals surface area contributed by atoms with Crippen molar-refractivity contribution in [3.05, 3.63) is 40.5 Å². The number of carboxylic acid groups (broad SMARTS) is 1. The van der Waals surface area contributed by atoms with E-state index in [2.05, 4.69) is 20.8 Å². The first kappa shape index (κ1) is 19.6. The predicted octanol–water partition coefficient (Wildman–Crippen LogP) is -0.991.